The maximum atomic E-state index is 10.8. The third-order valence-corrected chi connectivity index (χ3v) is 7.79. The van der Waals surface area contributed by atoms with Gasteiger partial charge in [-0.3, -0.25) is 0 Å². The Morgan fingerprint density at radius 2 is 0.973 bits per heavy atom. The monoisotopic (exact) mass is 476 g/mol. The first-order chi connectivity index (χ1) is 18.2. The molecule has 178 valence electrons. The lowest BCUT2D eigenvalue weighted by Crippen LogP contribution is -1.91. The summed E-state index contributed by atoms with van der Waals surface area (Å²) in [5.41, 5.74) is 3.26. The third-order valence-electron chi connectivity index (χ3n) is 7.79. The molecule has 0 spiro atoms. The van der Waals surface area contributed by atoms with E-state index in [9.17, 15) is 5.11 Å². The Labute approximate surface area is 216 Å². The number of benzene rings is 7. The van der Waals surface area contributed by atoms with Gasteiger partial charge in [0.05, 0.1) is 0 Å². The number of aryl methyl sites for hydroxylation is 1. The van der Waals surface area contributed by atoms with E-state index >= 15 is 0 Å². The average molecular weight is 477 g/mol. The summed E-state index contributed by atoms with van der Waals surface area (Å²) < 4.78 is 0. The smallest absolute Gasteiger partial charge is 0.123 e. The summed E-state index contributed by atoms with van der Waals surface area (Å²) in [5.74, 6) is 0.360. The highest BCUT2D eigenvalue weighted by atomic mass is 16.3. The molecular formula is C36H28O. The van der Waals surface area contributed by atoms with Gasteiger partial charge in [-0.1, -0.05) is 61.9 Å². The second-order valence-corrected chi connectivity index (χ2v) is 10.3. The second kappa shape index (κ2) is 8.64. The third kappa shape index (κ3) is 3.79. The van der Waals surface area contributed by atoms with Gasteiger partial charge in [0.2, 0.25) is 0 Å². The van der Waals surface area contributed by atoms with Crippen LogP contribution in [0.15, 0.2) is 109 Å². The normalized spacial score (nSPS) is 11.8. The Morgan fingerprint density at radius 1 is 0.486 bits per heavy atom. The summed E-state index contributed by atoms with van der Waals surface area (Å²) in [5, 5.41) is 23.3. The van der Waals surface area contributed by atoms with Gasteiger partial charge in [0.15, 0.2) is 0 Å². The number of phenols is 1. The average Bonchev–Trinajstić information content (AvgIpc) is 2.91. The fraction of sp³-hybridized carbons (Fsp3) is 0.111. The Bertz CT molecular complexity index is 1980. The zero-order valence-electron chi connectivity index (χ0n) is 21.0. The maximum Gasteiger partial charge on any atom is 0.123 e. The molecule has 0 aliphatic rings. The first kappa shape index (κ1) is 21.9. The van der Waals surface area contributed by atoms with Crippen molar-refractivity contribution in [1.29, 1.82) is 0 Å². The van der Waals surface area contributed by atoms with E-state index in [2.05, 4.69) is 104 Å². The highest BCUT2D eigenvalue weighted by Crippen LogP contribution is 2.37. The lowest BCUT2D eigenvalue weighted by atomic mass is 9.92. The molecule has 0 amide bonds. The summed E-state index contributed by atoms with van der Waals surface area (Å²) in [6, 6.07) is 39.5. The van der Waals surface area contributed by atoms with Gasteiger partial charge in [-0.2, -0.15) is 0 Å². The molecule has 1 N–H and O–H groups in total. The number of hydrogen-bond donors (Lipinski definition) is 1. The van der Waals surface area contributed by atoms with Crippen LogP contribution in [0, 0.1) is 0 Å². The SMILES string of the molecule is CCCCc1cccc(O)c1-c1ccc2cc3cc4cc5cc6ccccc6cc5cc4cc3cc2c1. The van der Waals surface area contributed by atoms with Gasteiger partial charge in [-0.25, -0.2) is 0 Å². The van der Waals surface area contributed by atoms with Crippen LogP contribution in [0.5, 0.6) is 5.75 Å². The number of aromatic hydroxyl groups is 1. The molecule has 0 aromatic heterocycles. The molecule has 0 heterocycles. The topological polar surface area (TPSA) is 20.2 Å². The van der Waals surface area contributed by atoms with Crippen molar-refractivity contribution in [3.05, 3.63) is 115 Å². The maximum absolute atomic E-state index is 10.8. The van der Waals surface area contributed by atoms with Gasteiger partial charge < -0.3 is 5.11 Å². The quantitative estimate of drug-likeness (QED) is 0.251. The minimum Gasteiger partial charge on any atom is -0.507 e. The molecule has 1 nitrogen and oxygen atoms in total. The number of unbranched alkanes of at least 4 members (excludes halogenated alkanes) is 1. The summed E-state index contributed by atoms with van der Waals surface area (Å²) in [6.07, 6.45) is 3.23. The van der Waals surface area contributed by atoms with Crippen LogP contribution in [0.1, 0.15) is 25.3 Å². The Balaban J connectivity index is 1.39. The minimum absolute atomic E-state index is 0.360. The molecule has 0 atom stereocenters. The van der Waals surface area contributed by atoms with Crippen molar-refractivity contribution >= 4 is 53.9 Å². The van der Waals surface area contributed by atoms with Crippen LogP contribution in [-0.2, 0) is 6.42 Å². The molecule has 0 aliphatic heterocycles. The second-order valence-electron chi connectivity index (χ2n) is 10.3. The molecule has 0 fully saturated rings. The van der Waals surface area contributed by atoms with Crippen molar-refractivity contribution in [1.82, 2.24) is 0 Å². The van der Waals surface area contributed by atoms with Crippen molar-refractivity contribution in [3.63, 3.8) is 0 Å². The molecule has 0 saturated heterocycles. The van der Waals surface area contributed by atoms with Gasteiger partial charge >= 0.3 is 0 Å². The van der Waals surface area contributed by atoms with Crippen LogP contribution in [0.4, 0.5) is 0 Å². The summed E-state index contributed by atoms with van der Waals surface area (Å²) in [6.45, 7) is 2.21. The van der Waals surface area contributed by atoms with Crippen LogP contribution in [0.3, 0.4) is 0 Å². The summed E-state index contributed by atoms with van der Waals surface area (Å²) >= 11 is 0. The number of hydrogen-bond acceptors (Lipinski definition) is 1. The van der Waals surface area contributed by atoms with Gasteiger partial charge in [0.1, 0.15) is 5.75 Å². The highest BCUT2D eigenvalue weighted by Gasteiger charge is 2.12. The van der Waals surface area contributed by atoms with E-state index in [-0.39, 0.29) is 0 Å². The van der Waals surface area contributed by atoms with E-state index in [4.69, 9.17) is 0 Å². The number of phenolic OH excluding ortho intramolecular Hbond substituents is 1. The van der Waals surface area contributed by atoms with E-state index in [1.165, 1.54) is 59.4 Å². The fourth-order valence-corrected chi connectivity index (χ4v) is 5.85. The molecule has 7 aromatic carbocycles. The van der Waals surface area contributed by atoms with Crippen molar-refractivity contribution in [2.75, 3.05) is 0 Å². The first-order valence-electron chi connectivity index (χ1n) is 13.2. The van der Waals surface area contributed by atoms with E-state index in [1.807, 2.05) is 6.07 Å². The van der Waals surface area contributed by atoms with E-state index in [1.54, 1.807) is 6.07 Å². The number of rotatable bonds is 4. The first-order valence-corrected chi connectivity index (χ1v) is 13.2. The van der Waals surface area contributed by atoms with Crippen molar-refractivity contribution in [2.45, 2.75) is 26.2 Å². The van der Waals surface area contributed by atoms with Crippen LogP contribution < -0.4 is 0 Å². The van der Waals surface area contributed by atoms with Gasteiger partial charge in [-0.05, 0) is 138 Å². The minimum atomic E-state index is 0.360. The molecule has 0 unspecified atom stereocenters. The van der Waals surface area contributed by atoms with Gasteiger partial charge in [-0.15, -0.1) is 0 Å². The zero-order chi connectivity index (χ0) is 24.9. The van der Waals surface area contributed by atoms with Crippen LogP contribution in [-0.4, -0.2) is 5.11 Å². The largest absolute Gasteiger partial charge is 0.507 e. The fourth-order valence-electron chi connectivity index (χ4n) is 5.85. The Morgan fingerprint density at radius 3 is 1.51 bits per heavy atom. The lowest BCUT2D eigenvalue weighted by molar-refractivity contribution is 0.476. The van der Waals surface area contributed by atoms with Gasteiger partial charge in [0, 0.05) is 5.56 Å². The van der Waals surface area contributed by atoms with Crippen molar-refractivity contribution in [2.24, 2.45) is 0 Å². The zero-order valence-corrected chi connectivity index (χ0v) is 21.0. The van der Waals surface area contributed by atoms with Crippen LogP contribution in [0.25, 0.3) is 65.0 Å². The highest BCUT2D eigenvalue weighted by molar-refractivity contribution is 6.10. The summed E-state index contributed by atoms with van der Waals surface area (Å²) in [4.78, 5) is 0. The van der Waals surface area contributed by atoms with Crippen LogP contribution in [0.2, 0.25) is 0 Å². The molecule has 7 aromatic rings. The number of fused-ring (bicyclic) bond motifs is 5. The van der Waals surface area contributed by atoms with E-state index in [0.717, 1.165) is 30.4 Å². The predicted octanol–water partition coefficient (Wildman–Crippen LogP) is 10.2. The predicted molar refractivity (Wildman–Crippen MR) is 160 cm³/mol. The lowest BCUT2D eigenvalue weighted by Gasteiger charge is -2.13. The standard InChI is InChI=1S/C36H28O/c1-2-3-7-23-10-6-11-35(37)36(23)27-13-12-26-16-31-21-33-19-29-14-24-8-4-5-9-25(24)15-30(29)20-34(33)22-32(31)18-28(26)17-27/h4-6,8-22,37H,2-3,7H2,1H3. The Hall–Kier alpha value is -4.36. The van der Waals surface area contributed by atoms with Crippen LogP contribution >= 0.6 is 0 Å². The van der Waals surface area contributed by atoms with E-state index in [0.29, 0.717) is 5.75 Å². The molecule has 0 saturated carbocycles. The van der Waals surface area contributed by atoms with Crippen molar-refractivity contribution in [3.8, 4) is 16.9 Å². The Kier molecular flexibility index (Phi) is 5.11. The summed E-state index contributed by atoms with van der Waals surface area (Å²) in [7, 11) is 0. The molecular weight excluding hydrogens is 448 g/mol. The molecule has 0 radical (unpaired) electrons. The molecule has 7 rings (SSSR count). The molecule has 0 aliphatic carbocycles. The molecule has 1 heteroatoms. The van der Waals surface area contributed by atoms with Crippen molar-refractivity contribution < 1.29 is 5.11 Å². The van der Waals surface area contributed by atoms with E-state index < -0.39 is 0 Å². The molecule has 0 bridgehead atoms. The van der Waals surface area contributed by atoms with Gasteiger partial charge in [0.25, 0.3) is 0 Å². The molecule has 37 heavy (non-hydrogen) atoms.